The molecule has 0 spiro atoms. The number of hydrogen-bond donors (Lipinski definition) is 3. The maximum atomic E-state index is 11.6. The summed E-state index contributed by atoms with van der Waals surface area (Å²) in [5.41, 5.74) is 0.0338. The van der Waals surface area contributed by atoms with Gasteiger partial charge in [-0.15, -0.1) is 0 Å². The maximum Gasteiger partial charge on any atom is 0.256 e. The average Bonchev–Trinajstić information content (AvgIpc) is 2.25. The third-order valence-electron chi connectivity index (χ3n) is 2.10. The Morgan fingerprint density at radius 2 is 2.25 bits per heavy atom. The highest BCUT2D eigenvalue weighted by Crippen LogP contribution is 2.22. The number of carbonyl (C=O) groups excluding carboxylic acids is 1. The van der Waals surface area contributed by atoms with E-state index in [0.29, 0.717) is 6.42 Å². The summed E-state index contributed by atoms with van der Waals surface area (Å²) in [5.74, 6) is -0.974. The van der Waals surface area contributed by atoms with Crippen molar-refractivity contribution in [2.45, 2.75) is 19.4 Å². The van der Waals surface area contributed by atoms with Gasteiger partial charge in [-0.3, -0.25) is 4.79 Å². The highest BCUT2D eigenvalue weighted by atomic mass is 16.3. The first-order chi connectivity index (χ1) is 7.58. The summed E-state index contributed by atoms with van der Waals surface area (Å²) < 4.78 is 0. The molecule has 3 N–H and O–H groups in total. The Hall–Kier alpha value is -2.22. The van der Waals surface area contributed by atoms with Gasteiger partial charge >= 0.3 is 0 Å². The number of amides is 1. The van der Waals surface area contributed by atoms with E-state index in [0.717, 1.165) is 6.07 Å². The lowest BCUT2D eigenvalue weighted by Crippen LogP contribution is -2.33. The number of nitriles is 1. The summed E-state index contributed by atoms with van der Waals surface area (Å²) in [4.78, 5) is 11.6. The summed E-state index contributed by atoms with van der Waals surface area (Å²) in [6.07, 6.45) is 0.487. The first-order valence-electron chi connectivity index (χ1n) is 4.81. The highest BCUT2D eigenvalue weighted by molar-refractivity contribution is 5.97. The third-order valence-corrected chi connectivity index (χ3v) is 2.10. The second-order valence-corrected chi connectivity index (χ2v) is 3.26. The van der Waals surface area contributed by atoms with Crippen molar-refractivity contribution in [1.82, 2.24) is 5.32 Å². The van der Waals surface area contributed by atoms with Crippen LogP contribution in [0.15, 0.2) is 18.2 Å². The number of phenols is 2. The lowest BCUT2D eigenvalue weighted by atomic mass is 10.1. The van der Waals surface area contributed by atoms with E-state index in [1.54, 1.807) is 6.92 Å². The predicted octanol–water partition coefficient (Wildman–Crippen LogP) is 1.13. The Morgan fingerprint density at radius 1 is 1.56 bits per heavy atom. The second kappa shape index (κ2) is 5.03. The van der Waals surface area contributed by atoms with Gasteiger partial charge in [-0.2, -0.15) is 5.26 Å². The van der Waals surface area contributed by atoms with Crippen molar-refractivity contribution in [3.63, 3.8) is 0 Å². The van der Waals surface area contributed by atoms with Gasteiger partial charge in [0, 0.05) is 6.07 Å². The Bertz CT molecular complexity index is 437. The Balaban J connectivity index is 2.85. The molecule has 0 fully saturated rings. The number of carbonyl (C=O) groups is 1. The van der Waals surface area contributed by atoms with Gasteiger partial charge in [0.25, 0.3) is 5.91 Å². The number of benzene rings is 1. The van der Waals surface area contributed by atoms with Crippen molar-refractivity contribution in [2.24, 2.45) is 0 Å². The van der Waals surface area contributed by atoms with Gasteiger partial charge < -0.3 is 15.5 Å². The first-order valence-corrected chi connectivity index (χ1v) is 4.81. The lowest BCUT2D eigenvalue weighted by Gasteiger charge is -2.10. The van der Waals surface area contributed by atoms with Gasteiger partial charge in [0.05, 0.1) is 11.6 Å². The Kier molecular flexibility index (Phi) is 3.72. The number of nitrogens with zero attached hydrogens (tertiary/aromatic N) is 1. The lowest BCUT2D eigenvalue weighted by molar-refractivity contribution is 0.0942. The fourth-order valence-corrected chi connectivity index (χ4v) is 1.17. The van der Waals surface area contributed by atoms with Crippen molar-refractivity contribution >= 4 is 5.91 Å². The largest absolute Gasteiger partial charge is 0.508 e. The van der Waals surface area contributed by atoms with Crippen molar-refractivity contribution in [2.75, 3.05) is 0 Å². The van der Waals surface area contributed by atoms with Crippen molar-refractivity contribution < 1.29 is 15.0 Å². The molecular weight excluding hydrogens is 208 g/mol. The van der Waals surface area contributed by atoms with Crippen LogP contribution >= 0.6 is 0 Å². The van der Waals surface area contributed by atoms with Crippen LogP contribution in [0.5, 0.6) is 11.5 Å². The molecular formula is C11H12N2O3. The van der Waals surface area contributed by atoms with Crippen LogP contribution in [0, 0.1) is 11.3 Å². The first kappa shape index (κ1) is 11.9. The molecule has 0 aliphatic rings. The maximum absolute atomic E-state index is 11.6. The topological polar surface area (TPSA) is 93.4 Å². The van der Waals surface area contributed by atoms with Crippen molar-refractivity contribution in [1.29, 1.82) is 5.26 Å². The van der Waals surface area contributed by atoms with Crippen LogP contribution in [-0.4, -0.2) is 22.2 Å². The molecule has 5 heteroatoms. The molecule has 0 aliphatic heterocycles. The quantitative estimate of drug-likeness (QED) is 0.711. The molecule has 0 aliphatic carbocycles. The molecule has 0 aromatic heterocycles. The number of nitrogens with one attached hydrogen (secondary N) is 1. The number of aromatic hydroxyl groups is 2. The number of hydrogen-bond acceptors (Lipinski definition) is 4. The van der Waals surface area contributed by atoms with Gasteiger partial charge in [0.2, 0.25) is 0 Å². The average molecular weight is 220 g/mol. The molecule has 0 saturated heterocycles. The third kappa shape index (κ3) is 2.64. The van der Waals surface area contributed by atoms with Crippen molar-refractivity contribution in [3.05, 3.63) is 23.8 Å². The van der Waals surface area contributed by atoms with Crippen LogP contribution in [0.3, 0.4) is 0 Å². The molecule has 1 atom stereocenters. The molecule has 0 heterocycles. The van der Waals surface area contributed by atoms with Crippen LogP contribution in [0.1, 0.15) is 23.7 Å². The number of rotatable bonds is 3. The standard InChI is InChI=1S/C11H12N2O3/c1-2-7(6-12)13-11(16)9-4-3-8(14)5-10(9)15/h3-5,7,14-15H,2H2,1H3,(H,13,16). The zero-order chi connectivity index (χ0) is 12.1. The molecule has 1 rings (SSSR count). The van der Waals surface area contributed by atoms with E-state index in [1.807, 2.05) is 6.07 Å². The number of phenolic OH excluding ortho intramolecular Hbond substituents is 2. The van der Waals surface area contributed by atoms with Gasteiger partial charge in [0.15, 0.2) is 0 Å². The summed E-state index contributed by atoms with van der Waals surface area (Å²) in [5, 5.41) is 29.6. The molecule has 1 aromatic carbocycles. The van der Waals surface area contributed by atoms with Crippen LogP contribution in [0.2, 0.25) is 0 Å². The highest BCUT2D eigenvalue weighted by Gasteiger charge is 2.14. The normalized spacial score (nSPS) is 11.5. The fourth-order valence-electron chi connectivity index (χ4n) is 1.17. The second-order valence-electron chi connectivity index (χ2n) is 3.26. The van der Waals surface area contributed by atoms with E-state index in [-0.39, 0.29) is 17.1 Å². The molecule has 1 unspecified atom stereocenters. The van der Waals surface area contributed by atoms with E-state index >= 15 is 0 Å². The minimum Gasteiger partial charge on any atom is -0.508 e. The van der Waals surface area contributed by atoms with E-state index in [4.69, 9.17) is 10.4 Å². The molecule has 16 heavy (non-hydrogen) atoms. The Labute approximate surface area is 92.9 Å². The minimum absolute atomic E-state index is 0.0338. The SMILES string of the molecule is CCC(C#N)NC(=O)c1ccc(O)cc1O. The van der Waals surface area contributed by atoms with Gasteiger partial charge in [0.1, 0.15) is 17.5 Å². The van der Waals surface area contributed by atoms with Crippen LogP contribution < -0.4 is 5.32 Å². The van der Waals surface area contributed by atoms with Gasteiger partial charge in [-0.1, -0.05) is 6.92 Å². The predicted molar refractivity (Wildman–Crippen MR) is 56.9 cm³/mol. The van der Waals surface area contributed by atoms with E-state index in [9.17, 15) is 9.90 Å². The molecule has 1 aromatic rings. The molecule has 0 radical (unpaired) electrons. The Morgan fingerprint density at radius 3 is 2.75 bits per heavy atom. The van der Waals surface area contributed by atoms with Crippen LogP contribution in [-0.2, 0) is 0 Å². The van der Waals surface area contributed by atoms with Crippen LogP contribution in [0.4, 0.5) is 0 Å². The molecule has 0 bridgehead atoms. The monoisotopic (exact) mass is 220 g/mol. The molecule has 1 amide bonds. The molecule has 84 valence electrons. The molecule has 0 saturated carbocycles. The van der Waals surface area contributed by atoms with Crippen molar-refractivity contribution in [3.8, 4) is 17.6 Å². The van der Waals surface area contributed by atoms with Gasteiger partial charge in [-0.05, 0) is 18.6 Å². The summed E-state index contributed by atoms with van der Waals surface area (Å²) in [6.45, 7) is 1.77. The fraction of sp³-hybridized carbons (Fsp3) is 0.273. The summed E-state index contributed by atoms with van der Waals surface area (Å²) in [7, 11) is 0. The van der Waals surface area contributed by atoms with Crippen LogP contribution in [0.25, 0.3) is 0 Å². The van der Waals surface area contributed by atoms with E-state index in [2.05, 4.69) is 5.32 Å². The summed E-state index contributed by atoms with van der Waals surface area (Å²) in [6, 6.07) is 5.00. The minimum atomic E-state index is -0.583. The van der Waals surface area contributed by atoms with Gasteiger partial charge in [-0.25, -0.2) is 0 Å². The zero-order valence-corrected chi connectivity index (χ0v) is 8.77. The zero-order valence-electron chi connectivity index (χ0n) is 8.77. The summed E-state index contributed by atoms with van der Waals surface area (Å²) >= 11 is 0. The molecule has 5 nitrogen and oxygen atoms in total. The van der Waals surface area contributed by atoms with E-state index in [1.165, 1.54) is 12.1 Å². The van der Waals surface area contributed by atoms with E-state index < -0.39 is 11.9 Å². The smallest absolute Gasteiger partial charge is 0.256 e.